The van der Waals surface area contributed by atoms with E-state index in [1.807, 2.05) is 60.4 Å². The number of pyridine rings is 1. The van der Waals surface area contributed by atoms with Crippen LogP contribution in [0, 0.1) is 5.92 Å². The van der Waals surface area contributed by atoms with Crippen LogP contribution in [0.3, 0.4) is 0 Å². The van der Waals surface area contributed by atoms with Gasteiger partial charge in [0.15, 0.2) is 0 Å². The minimum Gasteiger partial charge on any atom is -0.497 e. The molecule has 0 radical (unpaired) electrons. The quantitative estimate of drug-likeness (QED) is 0.230. The molecule has 1 atom stereocenters. The lowest BCUT2D eigenvalue weighted by Gasteiger charge is -2.31. The number of carbonyl (C=O) groups excluding carboxylic acids is 2. The van der Waals surface area contributed by atoms with Gasteiger partial charge in [0.25, 0.3) is 0 Å². The fourth-order valence-electron chi connectivity index (χ4n) is 5.48. The molecule has 8 heteroatoms. The first kappa shape index (κ1) is 28.2. The van der Waals surface area contributed by atoms with Crippen LogP contribution in [0.4, 0.5) is 0 Å². The molecule has 2 aromatic heterocycles. The van der Waals surface area contributed by atoms with Crippen molar-refractivity contribution >= 4 is 17.5 Å². The largest absolute Gasteiger partial charge is 0.497 e. The molecule has 5 rings (SSSR count). The number of nitrogens with zero attached hydrogens (tertiary/aromatic N) is 3. The van der Waals surface area contributed by atoms with Crippen molar-refractivity contribution in [1.29, 1.82) is 0 Å². The molecule has 1 amide bonds. The molecular formula is C33H37N3O5. The van der Waals surface area contributed by atoms with E-state index in [2.05, 4.69) is 22.7 Å². The van der Waals surface area contributed by atoms with Crippen molar-refractivity contribution in [1.82, 2.24) is 14.3 Å². The maximum Gasteiger partial charge on any atom is 0.310 e. The van der Waals surface area contributed by atoms with Gasteiger partial charge < -0.3 is 23.5 Å². The fourth-order valence-corrected chi connectivity index (χ4v) is 5.48. The summed E-state index contributed by atoms with van der Waals surface area (Å²) in [5, 5.41) is 0. The van der Waals surface area contributed by atoms with Gasteiger partial charge in [-0.1, -0.05) is 24.3 Å². The Morgan fingerprint density at radius 1 is 0.951 bits per heavy atom. The predicted molar refractivity (Wildman–Crippen MR) is 158 cm³/mol. The molecule has 1 fully saturated rings. The summed E-state index contributed by atoms with van der Waals surface area (Å²) >= 11 is 0. The van der Waals surface area contributed by atoms with Gasteiger partial charge in [-0.3, -0.25) is 9.59 Å². The Kier molecular flexibility index (Phi) is 8.87. The molecule has 8 nitrogen and oxygen atoms in total. The Balaban J connectivity index is 1.47. The number of aryl methyl sites for hydroxylation is 1. The first-order valence-electron chi connectivity index (χ1n) is 14.3. The summed E-state index contributed by atoms with van der Waals surface area (Å²) in [7, 11) is 1.65. The second-order valence-corrected chi connectivity index (χ2v) is 10.2. The number of esters is 1. The Hall–Kier alpha value is -4.33. The number of carbonyl (C=O) groups is 2. The highest BCUT2D eigenvalue weighted by Gasteiger charge is 2.29. The van der Waals surface area contributed by atoms with Gasteiger partial charge in [-0.2, -0.15) is 0 Å². The number of benzene rings is 2. The van der Waals surface area contributed by atoms with Crippen molar-refractivity contribution in [3.8, 4) is 33.9 Å². The fraction of sp³-hybridized carbons (Fsp3) is 0.364. The first-order chi connectivity index (χ1) is 20.0. The second kappa shape index (κ2) is 12.9. The number of methoxy groups -OCH3 is 1. The number of piperidine rings is 1. The van der Waals surface area contributed by atoms with Gasteiger partial charge >= 0.3 is 5.97 Å². The molecule has 1 aliphatic heterocycles. The normalized spacial score (nSPS) is 15.1. The van der Waals surface area contributed by atoms with Crippen LogP contribution in [0.2, 0.25) is 0 Å². The summed E-state index contributed by atoms with van der Waals surface area (Å²) in [5.74, 6) is 1.12. The van der Waals surface area contributed by atoms with E-state index in [1.165, 1.54) is 0 Å². The van der Waals surface area contributed by atoms with E-state index >= 15 is 0 Å². The number of hydrogen-bond acceptors (Lipinski definition) is 6. The van der Waals surface area contributed by atoms with Crippen molar-refractivity contribution < 1.29 is 23.8 Å². The van der Waals surface area contributed by atoms with Gasteiger partial charge in [0, 0.05) is 31.3 Å². The van der Waals surface area contributed by atoms with Crippen LogP contribution < -0.4 is 9.47 Å². The minimum absolute atomic E-state index is 0.0334. The van der Waals surface area contributed by atoms with Crippen LogP contribution >= 0.6 is 0 Å². The molecule has 0 spiro atoms. The number of imidazole rings is 1. The summed E-state index contributed by atoms with van der Waals surface area (Å²) < 4.78 is 18.5. The number of fused-ring (bicyclic) bond motifs is 1. The maximum absolute atomic E-state index is 13.4. The van der Waals surface area contributed by atoms with Crippen molar-refractivity contribution in [3.63, 3.8) is 0 Å². The monoisotopic (exact) mass is 555 g/mol. The van der Waals surface area contributed by atoms with E-state index in [0.29, 0.717) is 39.1 Å². The van der Waals surface area contributed by atoms with E-state index in [1.54, 1.807) is 14.0 Å². The van der Waals surface area contributed by atoms with E-state index in [-0.39, 0.29) is 17.8 Å². The molecule has 0 unspecified atom stereocenters. The summed E-state index contributed by atoms with van der Waals surface area (Å²) in [5.41, 5.74) is 5.55. The van der Waals surface area contributed by atoms with Crippen LogP contribution in [0.15, 0.2) is 66.9 Å². The van der Waals surface area contributed by atoms with Gasteiger partial charge in [0.1, 0.15) is 17.1 Å². The van der Waals surface area contributed by atoms with E-state index in [4.69, 9.17) is 19.2 Å². The molecule has 4 aromatic rings. The average molecular weight is 556 g/mol. The van der Waals surface area contributed by atoms with E-state index < -0.39 is 0 Å². The average Bonchev–Trinajstić information content (AvgIpc) is 3.38. The van der Waals surface area contributed by atoms with Gasteiger partial charge in [0.05, 0.1) is 37.6 Å². The lowest BCUT2D eigenvalue weighted by molar-refractivity contribution is -0.151. The van der Waals surface area contributed by atoms with Crippen LogP contribution in [0.25, 0.3) is 28.0 Å². The molecule has 3 heterocycles. The number of amides is 1. The lowest BCUT2D eigenvalue weighted by atomic mass is 9.97. The highest BCUT2D eigenvalue weighted by atomic mass is 16.5. The van der Waals surface area contributed by atoms with Crippen molar-refractivity contribution in [2.24, 2.45) is 5.92 Å². The zero-order valence-corrected chi connectivity index (χ0v) is 24.0. The number of ether oxygens (including phenoxy) is 3. The third-order valence-electron chi connectivity index (χ3n) is 7.51. The summed E-state index contributed by atoms with van der Waals surface area (Å²) in [6.45, 7) is 5.80. The Bertz CT molecular complexity index is 1530. The van der Waals surface area contributed by atoms with Gasteiger partial charge in [-0.25, -0.2) is 4.98 Å². The number of likely N-dealkylation sites (tertiary alicyclic amines) is 1. The lowest BCUT2D eigenvalue weighted by Crippen LogP contribution is -2.42. The Morgan fingerprint density at radius 2 is 1.73 bits per heavy atom. The third-order valence-corrected chi connectivity index (χ3v) is 7.51. The smallest absolute Gasteiger partial charge is 0.310 e. The first-order valence-corrected chi connectivity index (χ1v) is 14.3. The van der Waals surface area contributed by atoms with Crippen molar-refractivity contribution in [2.75, 3.05) is 33.4 Å². The Morgan fingerprint density at radius 3 is 2.51 bits per heavy atom. The van der Waals surface area contributed by atoms with E-state index in [9.17, 15) is 9.59 Å². The van der Waals surface area contributed by atoms with Crippen LogP contribution in [-0.2, 0) is 20.7 Å². The molecule has 0 N–H and O–H groups in total. The molecule has 0 saturated carbocycles. The molecule has 2 aromatic carbocycles. The maximum atomic E-state index is 13.4. The Labute approximate surface area is 240 Å². The van der Waals surface area contributed by atoms with Crippen LogP contribution in [-0.4, -0.2) is 59.6 Å². The molecular weight excluding hydrogens is 518 g/mol. The summed E-state index contributed by atoms with van der Waals surface area (Å²) in [6.07, 6.45) is 4.43. The third kappa shape index (κ3) is 6.37. The predicted octanol–water partition coefficient (Wildman–Crippen LogP) is 5.81. The van der Waals surface area contributed by atoms with Gasteiger partial charge in [-0.05, 0) is 80.6 Å². The van der Waals surface area contributed by atoms with Crippen LogP contribution in [0.1, 0.15) is 38.8 Å². The molecule has 0 aliphatic carbocycles. The highest BCUT2D eigenvalue weighted by molar-refractivity contribution is 5.79. The molecule has 1 aliphatic rings. The number of hydrogen-bond donors (Lipinski definition) is 0. The number of aromatic nitrogens is 2. The molecule has 41 heavy (non-hydrogen) atoms. The van der Waals surface area contributed by atoms with Crippen molar-refractivity contribution in [2.45, 2.75) is 39.5 Å². The molecule has 214 valence electrons. The zero-order chi connectivity index (χ0) is 28.8. The molecule has 0 bridgehead atoms. The van der Waals surface area contributed by atoms with Gasteiger partial charge in [0.2, 0.25) is 5.91 Å². The highest BCUT2D eigenvalue weighted by Crippen LogP contribution is 2.31. The minimum atomic E-state index is -0.259. The summed E-state index contributed by atoms with van der Waals surface area (Å²) in [6, 6.07) is 19.9. The van der Waals surface area contributed by atoms with Crippen molar-refractivity contribution in [3.05, 3.63) is 72.6 Å². The second-order valence-electron chi connectivity index (χ2n) is 10.2. The topological polar surface area (TPSA) is 82.4 Å². The summed E-state index contributed by atoms with van der Waals surface area (Å²) in [4.78, 5) is 32.5. The number of rotatable bonds is 10. The zero-order valence-electron chi connectivity index (χ0n) is 24.0. The molecule has 1 saturated heterocycles. The standard InChI is InChI=1S/C33H37N3O5/c1-4-40-28-13-6-9-23(19-28)25-14-16-30-34-32(24-10-7-12-27(20-24)39-3)29(36(30)22-25)15-17-31(37)35-18-8-11-26(21-35)33(38)41-5-2/h6-7,9-10,12-14,16,19-20,22,26H,4-5,8,11,15,17-18,21H2,1-3H3/t26-/m0/s1. The van der Waals surface area contributed by atoms with Crippen LogP contribution in [0.5, 0.6) is 11.5 Å². The SMILES string of the molecule is CCOC(=O)[C@H]1CCCN(C(=O)CCc2c(-c3cccc(OC)c3)nc3ccc(-c4cccc(OCC)c4)cn23)C1. The van der Waals surface area contributed by atoms with E-state index in [0.717, 1.165) is 58.1 Å². The van der Waals surface area contributed by atoms with Gasteiger partial charge in [-0.15, -0.1) is 0 Å².